The topological polar surface area (TPSA) is 165 Å². The molecule has 1 aliphatic rings. The molecule has 1 amide bonds. The fraction of sp³-hybridized carbons (Fsp3) is 0.270. The van der Waals surface area contributed by atoms with Crippen molar-refractivity contribution in [2.75, 3.05) is 39.2 Å². The van der Waals surface area contributed by atoms with Gasteiger partial charge in [0.2, 0.25) is 17.7 Å². The minimum atomic E-state index is 0.0776. The molecule has 1 atom stereocenters. The molecule has 13 nitrogen and oxygen atoms in total. The Balaban J connectivity index is 1.14. The second-order valence-electron chi connectivity index (χ2n) is 11.9. The van der Waals surface area contributed by atoms with Crippen molar-refractivity contribution in [3.63, 3.8) is 0 Å². The average molecular weight is 743 g/mol. The molecule has 4 N–H and O–H groups in total. The summed E-state index contributed by atoms with van der Waals surface area (Å²) in [5, 5.41) is 16.7. The Labute approximate surface area is 310 Å². The zero-order chi connectivity index (χ0) is 36.5. The van der Waals surface area contributed by atoms with Crippen molar-refractivity contribution in [1.82, 2.24) is 35.9 Å². The number of benzene rings is 3. The van der Waals surface area contributed by atoms with Gasteiger partial charge in [-0.1, -0.05) is 59.6 Å². The van der Waals surface area contributed by atoms with Gasteiger partial charge in [-0.05, 0) is 35.9 Å². The third kappa shape index (κ3) is 8.62. The van der Waals surface area contributed by atoms with Crippen molar-refractivity contribution in [2.45, 2.75) is 32.0 Å². The molecule has 3 aromatic carbocycles. The fourth-order valence-electron chi connectivity index (χ4n) is 5.84. The van der Waals surface area contributed by atoms with Crippen molar-refractivity contribution in [3.8, 4) is 45.4 Å². The van der Waals surface area contributed by atoms with Gasteiger partial charge in [-0.15, -0.1) is 4.91 Å². The van der Waals surface area contributed by atoms with E-state index < -0.39 is 0 Å². The number of nitrogens with one attached hydrogen (secondary N) is 4. The van der Waals surface area contributed by atoms with Crippen molar-refractivity contribution in [2.24, 2.45) is 5.18 Å². The molecule has 0 bridgehead atoms. The van der Waals surface area contributed by atoms with E-state index in [1.807, 2.05) is 48.5 Å². The first kappa shape index (κ1) is 36.6. The van der Waals surface area contributed by atoms with Crippen molar-refractivity contribution >= 4 is 40.5 Å². The highest BCUT2D eigenvalue weighted by molar-refractivity contribution is 6.39. The van der Waals surface area contributed by atoms with Crippen LogP contribution in [0.25, 0.3) is 33.6 Å². The number of anilines is 1. The first-order valence-electron chi connectivity index (χ1n) is 16.6. The maximum absolute atomic E-state index is 11.5. The number of carbonyl (C=O) groups is 1. The van der Waals surface area contributed by atoms with Crippen LogP contribution in [0.2, 0.25) is 10.0 Å². The van der Waals surface area contributed by atoms with Gasteiger partial charge < -0.3 is 30.7 Å². The molecule has 268 valence electrons. The van der Waals surface area contributed by atoms with Crippen LogP contribution in [0.4, 0.5) is 11.4 Å². The first-order chi connectivity index (χ1) is 25.4. The lowest BCUT2D eigenvalue weighted by atomic mass is 9.98. The van der Waals surface area contributed by atoms with Gasteiger partial charge in [-0.2, -0.15) is 0 Å². The van der Waals surface area contributed by atoms with Gasteiger partial charge >= 0.3 is 0 Å². The Bertz CT molecular complexity index is 2050. The summed E-state index contributed by atoms with van der Waals surface area (Å²) in [6.45, 7) is 2.80. The molecule has 2 aromatic heterocycles. The number of hydrogen-bond acceptors (Lipinski definition) is 12. The number of rotatable bonds is 16. The third-order valence-corrected chi connectivity index (χ3v) is 9.33. The monoisotopic (exact) mass is 741 g/mol. The fourth-order valence-corrected chi connectivity index (χ4v) is 6.49. The number of halogens is 2. The quantitative estimate of drug-likeness (QED) is 0.0640. The number of nitrogens with zero attached hydrogens (tertiary/aromatic N) is 5. The van der Waals surface area contributed by atoms with E-state index in [-0.39, 0.29) is 11.9 Å². The number of ether oxygens (including phenoxy) is 2. The summed E-state index contributed by atoms with van der Waals surface area (Å²) in [5.41, 5.74) is 6.42. The molecule has 0 saturated carbocycles. The Morgan fingerprint density at radius 1 is 0.788 bits per heavy atom. The van der Waals surface area contributed by atoms with Crippen LogP contribution in [-0.2, 0) is 17.9 Å². The molecule has 0 aliphatic carbocycles. The molecule has 1 saturated heterocycles. The first-order valence-corrected chi connectivity index (χ1v) is 17.4. The van der Waals surface area contributed by atoms with Crippen molar-refractivity contribution < 1.29 is 14.3 Å². The number of amides is 1. The Kier molecular flexibility index (Phi) is 12.2. The van der Waals surface area contributed by atoms with Crippen LogP contribution in [0.15, 0.2) is 78.2 Å². The maximum Gasteiger partial charge on any atom is 0.237 e. The van der Waals surface area contributed by atoms with Gasteiger partial charge in [0.15, 0.2) is 0 Å². The molecule has 3 heterocycles. The van der Waals surface area contributed by atoms with E-state index >= 15 is 0 Å². The lowest BCUT2D eigenvalue weighted by Gasteiger charge is -2.15. The molecule has 52 heavy (non-hydrogen) atoms. The van der Waals surface area contributed by atoms with E-state index in [2.05, 4.69) is 36.4 Å². The summed E-state index contributed by atoms with van der Waals surface area (Å²) < 4.78 is 11.2. The van der Waals surface area contributed by atoms with Crippen LogP contribution in [-0.4, -0.2) is 65.7 Å². The predicted octanol–water partition coefficient (Wildman–Crippen LogP) is 6.56. The SMILES string of the molecule is COc1nc(-c2cccc(-c3cccc(-c4cnc(CNC[C@@H]5CCC(=O)N5)c(OC)n4)c3Cl)c2Cl)cnc1CNCCNc1ccc(N=O)cc1. The predicted molar refractivity (Wildman–Crippen MR) is 202 cm³/mol. The van der Waals surface area contributed by atoms with E-state index in [1.54, 1.807) is 38.7 Å². The Morgan fingerprint density at radius 3 is 1.87 bits per heavy atom. The summed E-state index contributed by atoms with van der Waals surface area (Å²) >= 11 is 14.1. The number of carbonyl (C=O) groups excluding carboxylic acids is 1. The van der Waals surface area contributed by atoms with E-state index in [0.717, 1.165) is 12.1 Å². The molecule has 0 unspecified atom stereocenters. The summed E-state index contributed by atoms with van der Waals surface area (Å²) in [4.78, 5) is 40.8. The lowest BCUT2D eigenvalue weighted by Crippen LogP contribution is -2.35. The van der Waals surface area contributed by atoms with Crippen molar-refractivity contribution in [1.29, 1.82) is 0 Å². The standard InChI is InChI=1S/C37H37Cl2N9O4/c1-51-36-31(18-40-15-16-42-22-9-11-23(48-50)12-10-22)43-20-29(46-36)27-7-3-5-25(34(27)38)26-6-4-8-28(35(26)39)30-21-44-32(37(47-30)52-2)19-41-17-24-13-14-33(49)45-24/h3-12,20-21,24,40-42H,13-19H2,1-2H3,(H,45,49)/t24-/m0/s1. The zero-order valence-corrected chi connectivity index (χ0v) is 30.1. The van der Waals surface area contributed by atoms with Gasteiger partial charge in [0.25, 0.3) is 0 Å². The van der Waals surface area contributed by atoms with E-state index in [0.29, 0.717) is 112 Å². The second kappa shape index (κ2) is 17.3. The average Bonchev–Trinajstić information content (AvgIpc) is 3.60. The molecule has 1 aliphatic heterocycles. The summed E-state index contributed by atoms with van der Waals surface area (Å²) in [6.07, 6.45) is 4.70. The second-order valence-corrected chi connectivity index (χ2v) is 12.7. The number of methoxy groups -OCH3 is 2. The Morgan fingerprint density at radius 2 is 1.35 bits per heavy atom. The number of hydrogen-bond donors (Lipinski definition) is 4. The summed E-state index contributed by atoms with van der Waals surface area (Å²) in [7, 11) is 3.10. The van der Waals surface area contributed by atoms with E-state index in [1.165, 1.54) is 0 Å². The van der Waals surface area contributed by atoms with Crippen LogP contribution in [0.1, 0.15) is 24.2 Å². The maximum atomic E-state index is 11.5. The molecular formula is C37H37Cl2N9O4. The third-order valence-electron chi connectivity index (χ3n) is 8.51. The van der Waals surface area contributed by atoms with Crippen LogP contribution < -0.4 is 30.7 Å². The highest BCUT2D eigenvalue weighted by Gasteiger charge is 2.21. The summed E-state index contributed by atoms with van der Waals surface area (Å²) in [5.74, 6) is 0.840. The van der Waals surface area contributed by atoms with Gasteiger partial charge in [0.05, 0.1) is 48.0 Å². The summed E-state index contributed by atoms with van der Waals surface area (Å²) in [6, 6.07) is 18.4. The Hall–Kier alpha value is -5.21. The van der Waals surface area contributed by atoms with E-state index in [4.69, 9.17) is 42.6 Å². The van der Waals surface area contributed by atoms with Gasteiger partial charge in [0.1, 0.15) is 17.1 Å². The molecule has 5 aromatic rings. The molecule has 15 heteroatoms. The van der Waals surface area contributed by atoms with Gasteiger partial charge in [-0.3, -0.25) is 14.8 Å². The molecule has 0 spiro atoms. The number of aromatic nitrogens is 4. The lowest BCUT2D eigenvalue weighted by molar-refractivity contribution is -0.119. The normalized spacial score (nSPS) is 13.8. The minimum absolute atomic E-state index is 0.0776. The van der Waals surface area contributed by atoms with Crippen LogP contribution in [0.3, 0.4) is 0 Å². The van der Waals surface area contributed by atoms with Crippen LogP contribution in [0.5, 0.6) is 11.8 Å². The molecular weight excluding hydrogens is 705 g/mol. The van der Waals surface area contributed by atoms with Crippen LogP contribution in [0, 0.1) is 4.91 Å². The van der Waals surface area contributed by atoms with Gasteiger partial charge in [-0.25, -0.2) is 9.97 Å². The van der Waals surface area contributed by atoms with Crippen LogP contribution >= 0.6 is 23.2 Å². The van der Waals surface area contributed by atoms with E-state index in [9.17, 15) is 9.70 Å². The smallest absolute Gasteiger partial charge is 0.237 e. The largest absolute Gasteiger partial charge is 0.480 e. The molecule has 1 fully saturated rings. The van der Waals surface area contributed by atoms with Gasteiger partial charge in [0, 0.05) is 73.1 Å². The molecule has 0 radical (unpaired) electrons. The number of nitroso groups, excluding NO2 is 1. The molecule has 6 rings (SSSR count). The minimum Gasteiger partial charge on any atom is -0.480 e. The van der Waals surface area contributed by atoms with Crippen molar-refractivity contribution in [3.05, 3.63) is 99.4 Å². The zero-order valence-electron chi connectivity index (χ0n) is 28.6. The highest BCUT2D eigenvalue weighted by Crippen LogP contribution is 2.42. The highest BCUT2D eigenvalue weighted by atomic mass is 35.5.